The molecule has 23 heavy (non-hydrogen) atoms. The lowest BCUT2D eigenvalue weighted by Crippen LogP contribution is -2.53. The standard InChI is InChI=1S/C15H17F3N4O/c1-10(14(20)23)21-4-6-22(7-5-21)13-8-11(9-19)2-3-12(13)15(16,17)18/h2-3,8,10H,4-7H2,1H3,(H2,20,23). The molecule has 1 aliphatic rings. The van der Waals surface area contributed by atoms with Gasteiger partial charge in [0.15, 0.2) is 0 Å². The van der Waals surface area contributed by atoms with Crippen LogP contribution < -0.4 is 10.6 Å². The minimum absolute atomic E-state index is 0.00271. The predicted molar refractivity (Wildman–Crippen MR) is 78.6 cm³/mol. The second kappa shape index (κ2) is 6.46. The molecule has 8 heteroatoms. The number of primary amides is 1. The maximum absolute atomic E-state index is 13.2. The lowest BCUT2D eigenvalue weighted by molar-refractivity contribution is -0.137. The van der Waals surface area contributed by atoms with Crippen molar-refractivity contribution in [1.82, 2.24) is 4.90 Å². The first-order valence-electron chi connectivity index (χ1n) is 7.13. The summed E-state index contributed by atoms with van der Waals surface area (Å²) in [6.07, 6.45) is -4.49. The van der Waals surface area contributed by atoms with Gasteiger partial charge in [-0.05, 0) is 25.1 Å². The number of amides is 1. The number of carbonyl (C=O) groups is 1. The van der Waals surface area contributed by atoms with E-state index in [2.05, 4.69) is 0 Å². The van der Waals surface area contributed by atoms with Crippen molar-refractivity contribution in [3.8, 4) is 6.07 Å². The van der Waals surface area contributed by atoms with Crippen LogP contribution in [0.1, 0.15) is 18.1 Å². The van der Waals surface area contributed by atoms with Gasteiger partial charge in [0.2, 0.25) is 5.91 Å². The molecule has 1 aliphatic heterocycles. The molecule has 2 N–H and O–H groups in total. The highest BCUT2D eigenvalue weighted by atomic mass is 19.4. The molecule has 124 valence electrons. The van der Waals surface area contributed by atoms with Crippen LogP contribution in [-0.4, -0.2) is 43.0 Å². The number of nitrogens with zero attached hydrogens (tertiary/aromatic N) is 3. The number of benzene rings is 1. The van der Waals surface area contributed by atoms with Crippen molar-refractivity contribution in [2.45, 2.75) is 19.1 Å². The second-order valence-electron chi connectivity index (χ2n) is 5.44. The number of halogens is 3. The van der Waals surface area contributed by atoms with E-state index in [1.54, 1.807) is 11.8 Å². The molecule has 0 radical (unpaired) electrons. The summed E-state index contributed by atoms with van der Waals surface area (Å²) in [5.74, 6) is -0.457. The molecule has 2 rings (SSSR count). The average molecular weight is 326 g/mol. The number of piperazine rings is 1. The molecule has 1 heterocycles. The summed E-state index contributed by atoms with van der Waals surface area (Å²) in [6, 6.07) is 4.77. The van der Waals surface area contributed by atoms with Crippen LogP contribution in [0.15, 0.2) is 18.2 Å². The van der Waals surface area contributed by atoms with Crippen LogP contribution in [0.5, 0.6) is 0 Å². The maximum Gasteiger partial charge on any atom is 0.418 e. The molecule has 1 aromatic carbocycles. The van der Waals surface area contributed by atoms with Crippen molar-refractivity contribution < 1.29 is 18.0 Å². The van der Waals surface area contributed by atoms with Gasteiger partial charge < -0.3 is 10.6 Å². The molecule has 1 atom stereocenters. The summed E-state index contributed by atoms with van der Waals surface area (Å²) in [4.78, 5) is 14.6. The Balaban J connectivity index is 2.23. The van der Waals surface area contributed by atoms with Crippen LogP contribution in [-0.2, 0) is 11.0 Å². The second-order valence-corrected chi connectivity index (χ2v) is 5.44. The quantitative estimate of drug-likeness (QED) is 0.915. The molecular formula is C15H17F3N4O. The Kier molecular flexibility index (Phi) is 4.80. The van der Waals surface area contributed by atoms with Gasteiger partial charge in [0, 0.05) is 26.2 Å². The minimum atomic E-state index is -4.49. The van der Waals surface area contributed by atoms with Gasteiger partial charge in [-0.1, -0.05) is 0 Å². The largest absolute Gasteiger partial charge is 0.418 e. The molecule has 1 amide bonds. The summed E-state index contributed by atoms with van der Waals surface area (Å²) < 4.78 is 39.5. The van der Waals surface area contributed by atoms with E-state index < -0.39 is 23.7 Å². The normalized spacial score (nSPS) is 17.6. The Bertz CT molecular complexity index is 631. The van der Waals surface area contributed by atoms with Gasteiger partial charge in [-0.2, -0.15) is 18.4 Å². The van der Waals surface area contributed by atoms with E-state index in [0.717, 1.165) is 12.1 Å². The predicted octanol–water partition coefficient (Wildman–Crippen LogP) is 1.57. The van der Waals surface area contributed by atoms with Gasteiger partial charge in [-0.3, -0.25) is 9.69 Å². The summed E-state index contributed by atoms with van der Waals surface area (Å²) in [7, 11) is 0. The number of nitrogens with two attached hydrogens (primary N) is 1. The molecule has 0 aliphatic carbocycles. The van der Waals surface area contributed by atoms with Crippen molar-refractivity contribution in [2.24, 2.45) is 5.73 Å². The highest BCUT2D eigenvalue weighted by Crippen LogP contribution is 2.37. The van der Waals surface area contributed by atoms with Gasteiger partial charge in [0.1, 0.15) is 0 Å². The van der Waals surface area contributed by atoms with E-state index in [4.69, 9.17) is 11.0 Å². The van der Waals surface area contributed by atoms with Gasteiger partial charge >= 0.3 is 6.18 Å². The average Bonchev–Trinajstić information content (AvgIpc) is 2.52. The Morgan fingerprint density at radius 3 is 2.39 bits per heavy atom. The molecule has 1 fully saturated rings. The Morgan fingerprint density at radius 1 is 1.30 bits per heavy atom. The lowest BCUT2D eigenvalue weighted by atomic mass is 10.1. The van der Waals surface area contributed by atoms with E-state index in [-0.39, 0.29) is 11.3 Å². The van der Waals surface area contributed by atoms with Crippen LogP contribution >= 0.6 is 0 Å². The molecule has 1 unspecified atom stereocenters. The number of nitriles is 1. The Hall–Kier alpha value is -2.27. The van der Waals surface area contributed by atoms with E-state index in [0.29, 0.717) is 26.2 Å². The Morgan fingerprint density at radius 2 is 1.91 bits per heavy atom. The summed E-state index contributed by atoms with van der Waals surface area (Å²) >= 11 is 0. The number of carbonyl (C=O) groups excluding carboxylic acids is 1. The number of alkyl halides is 3. The fraction of sp³-hybridized carbons (Fsp3) is 0.467. The fourth-order valence-corrected chi connectivity index (χ4v) is 2.63. The van der Waals surface area contributed by atoms with Crippen molar-refractivity contribution in [2.75, 3.05) is 31.1 Å². The Labute approximate surface area is 132 Å². The number of rotatable bonds is 3. The first kappa shape index (κ1) is 17.1. The van der Waals surface area contributed by atoms with E-state index in [1.165, 1.54) is 6.07 Å². The SMILES string of the molecule is CC(C(N)=O)N1CCN(c2cc(C#N)ccc2C(F)(F)F)CC1. The summed E-state index contributed by atoms with van der Waals surface area (Å²) in [5, 5.41) is 8.92. The highest BCUT2D eigenvalue weighted by Gasteiger charge is 2.36. The first-order chi connectivity index (χ1) is 10.7. The zero-order valence-corrected chi connectivity index (χ0v) is 12.6. The third-order valence-corrected chi connectivity index (χ3v) is 4.05. The topological polar surface area (TPSA) is 73.4 Å². The zero-order chi connectivity index (χ0) is 17.2. The van der Waals surface area contributed by atoms with Gasteiger partial charge in [0.05, 0.1) is 28.9 Å². The van der Waals surface area contributed by atoms with Gasteiger partial charge in [0.25, 0.3) is 0 Å². The van der Waals surface area contributed by atoms with Crippen LogP contribution in [0.4, 0.5) is 18.9 Å². The smallest absolute Gasteiger partial charge is 0.368 e. The fourth-order valence-electron chi connectivity index (χ4n) is 2.63. The van der Waals surface area contributed by atoms with E-state index in [1.807, 2.05) is 11.0 Å². The van der Waals surface area contributed by atoms with E-state index in [9.17, 15) is 18.0 Å². The number of anilines is 1. The molecule has 5 nitrogen and oxygen atoms in total. The van der Waals surface area contributed by atoms with Crippen LogP contribution in [0.25, 0.3) is 0 Å². The highest BCUT2D eigenvalue weighted by molar-refractivity contribution is 5.79. The number of hydrogen-bond donors (Lipinski definition) is 1. The molecule has 0 aromatic heterocycles. The van der Waals surface area contributed by atoms with Crippen molar-refractivity contribution >= 4 is 11.6 Å². The first-order valence-corrected chi connectivity index (χ1v) is 7.13. The van der Waals surface area contributed by atoms with Crippen molar-refractivity contribution in [3.05, 3.63) is 29.3 Å². The van der Waals surface area contributed by atoms with Crippen molar-refractivity contribution in [1.29, 1.82) is 5.26 Å². The maximum atomic E-state index is 13.2. The van der Waals surface area contributed by atoms with Crippen LogP contribution in [0.2, 0.25) is 0 Å². The number of hydrogen-bond acceptors (Lipinski definition) is 4. The van der Waals surface area contributed by atoms with Crippen LogP contribution in [0, 0.1) is 11.3 Å². The summed E-state index contributed by atoms with van der Waals surface area (Å²) in [6.45, 7) is 3.19. The van der Waals surface area contributed by atoms with Gasteiger partial charge in [-0.15, -0.1) is 0 Å². The molecule has 1 saturated heterocycles. The summed E-state index contributed by atoms with van der Waals surface area (Å²) in [5.41, 5.74) is 4.68. The lowest BCUT2D eigenvalue weighted by Gasteiger charge is -2.39. The third-order valence-electron chi connectivity index (χ3n) is 4.05. The van der Waals surface area contributed by atoms with Crippen LogP contribution in [0.3, 0.4) is 0 Å². The minimum Gasteiger partial charge on any atom is -0.368 e. The van der Waals surface area contributed by atoms with Gasteiger partial charge in [-0.25, -0.2) is 0 Å². The zero-order valence-electron chi connectivity index (χ0n) is 12.6. The molecule has 1 aromatic rings. The molecule has 0 spiro atoms. The molecule has 0 saturated carbocycles. The van der Waals surface area contributed by atoms with Crippen molar-refractivity contribution in [3.63, 3.8) is 0 Å². The molecular weight excluding hydrogens is 309 g/mol. The molecule has 0 bridgehead atoms. The monoisotopic (exact) mass is 326 g/mol. The van der Waals surface area contributed by atoms with E-state index >= 15 is 0 Å². The third kappa shape index (κ3) is 3.74.